The highest BCUT2D eigenvalue weighted by Crippen LogP contribution is 2.78. The van der Waals surface area contributed by atoms with Crippen LogP contribution in [0.1, 0.15) is 0 Å². The van der Waals surface area contributed by atoms with E-state index in [1.54, 1.807) is 0 Å². The van der Waals surface area contributed by atoms with Crippen LogP contribution in [0.5, 0.6) is 0 Å². The van der Waals surface area contributed by atoms with Gasteiger partial charge in [0.2, 0.25) is 0 Å². The van der Waals surface area contributed by atoms with E-state index in [1.165, 1.54) is 6.26 Å². The second-order valence-corrected chi connectivity index (χ2v) is 7.49. The predicted molar refractivity (Wildman–Crippen MR) is 55.6 cm³/mol. The second-order valence-electron chi connectivity index (χ2n) is 4.49. The van der Waals surface area contributed by atoms with Crippen molar-refractivity contribution in [3.8, 4) is 0 Å². The Bertz CT molecular complexity index is 404. The maximum absolute atomic E-state index is 10.9. The Labute approximate surface area is 91.6 Å². The van der Waals surface area contributed by atoms with E-state index >= 15 is 0 Å². The van der Waals surface area contributed by atoms with Crippen LogP contribution in [-0.2, 0) is 14.6 Å². The molecule has 0 aromatic carbocycles. The van der Waals surface area contributed by atoms with Crippen LogP contribution in [0.15, 0.2) is 10.6 Å². The molecule has 0 aromatic rings. The van der Waals surface area contributed by atoms with Crippen molar-refractivity contribution >= 4 is 25.8 Å². The summed E-state index contributed by atoms with van der Waals surface area (Å²) in [4.78, 5) is 0. The van der Waals surface area contributed by atoms with E-state index in [1.807, 2.05) is 0 Å². The fraction of sp³-hybridized carbons (Fsp3) is 0.778. The SMILES string of the molecule is CS(=O)(=O)CO[C@H]1C(Br)=CC2C3C1[C@H]23. The smallest absolute Gasteiger partial charge is 0.171 e. The van der Waals surface area contributed by atoms with Gasteiger partial charge in [-0.05, 0) is 23.7 Å². The topological polar surface area (TPSA) is 43.4 Å². The van der Waals surface area contributed by atoms with Crippen molar-refractivity contribution in [1.29, 1.82) is 0 Å². The molecule has 4 aliphatic carbocycles. The van der Waals surface area contributed by atoms with Gasteiger partial charge in [-0.1, -0.05) is 22.0 Å². The third kappa shape index (κ3) is 1.29. The Morgan fingerprint density at radius 2 is 2.07 bits per heavy atom. The highest BCUT2D eigenvalue weighted by atomic mass is 79.9. The lowest BCUT2D eigenvalue weighted by atomic mass is 9.93. The van der Waals surface area contributed by atoms with Gasteiger partial charge in [0.15, 0.2) is 9.84 Å². The van der Waals surface area contributed by atoms with E-state index in [4.69, 9.17) is 4.74 Å². The summed E-state index contributed by atoms with van der Waals surface area (Å²) >= 11 is 3.45. The van der Waals surface area contributed by atoms with Gasteiger partial charge in [0, 0.05) is 10.7 Å². The summed E-state index contributed by atoms with van der Waals surface area (Å²) in [5, 5.41) is 0. The lowest BCUT2D eigenvalue weighted by Gasteiger charge is -2.26. The van der Waals surface area contributed by atoms with Crippen LogP contribution in [0.25, 0.3) is 0 Å². The van der Waals surface area contributed by atoms with Crippen LogP contribution >= 0.6 is 15.9 Å². The fourth-order valence-corrected chi connectivity index (χ4v) is 3.75. The van der Waals surface area contributed by atoms with Gasteiger partial charge in [-0.2, -0.15) is 0 Å². The molecule has 0 N–H and O–H groups in total. The van der Waals surface area contributed by atoms with E-state index in [0.717, 1.165) is 22.2 Å². The minimum absolute atomic E-state index is 0.00437. The van der Waals surface area contributed by atoms with E-state index < -0.39 is 9.84 Å². The molecule has 2 bridgehead atoms. The van der Waals surface area contributed by atoms with Gasteiger partial charge in [0.25, 0.3) is 0 Å². The molecule has 2 fully saturated rings. The summed E-state index contributed by atoms with van der Waals surface area (Å²) in [5.41, 5.74) is 0. The van der Waals surface area contributed by atoms with E-state index in [9.17, 15) is 8.42 Å². The van der Waals surface area contributed by atoms with Gasteiger partial charge >= 0.3 is 0 Å². The van der Waals surface area contributed by atoms with Crippen molar-refractivity contribution in [2.45, 2.75) is 6.10 Å². The van der Waals surface area contributed by atoms with E-state index in [0.29, 0.717) is 5.92 Å². The zero-order valence-corrected chi connectivity index (χ0v) is 10.1. The highest BCUT2D eigenvalue weighted by molar-refractivity contribution is 9.11. The largest absolute Gasteiger partial charge is 0.357 e. The molecule has 0 radical (unpaired) electrons. The van der Waals surface area contributed by atoms with Crippen molar-refractivity contribution in [2.75, 3.05) is 12.2 Å². The number of ether oxygens (including phenoxy) is 1. The number of hydrogen-bond acceptors (Lipinski definition) is 3. The highest BCUT2D eigenvalue weighted by Gasteiger charge is 2.77. The maximum atomic E-state index is 10.9. The Balaban J connectivity index is 1.68. The average Bonchev–Trinajstić information content (AvgIpc) is 2.89. The minimum Gasteiger partial charge on any atom is -0.357 e. The van der Waals surface area contributed by atoms with Gasteiger partial charge in [0.1, 0.15) is 5.94 Å². The molecule has 2 saturated carbocycles. The first-order valence-corrected chi connectivity index (χ1v) is 7.51. The lowest BCUT2D eigenvalue weighted by molar-refractivity contribution is 0.0766. The zero-order valence-electron chi connectivity index (χ0n) is 7.68. The van der Waals surface area contributed by atoms with Gasteiger partial charge in [-0.25, -0.2) is 8.42 Å². The van der Waals surface area contributed by atoms with Gasteiger partial charge < -0.3 is 4.74 Å². The summed E-state index contributed by atoms with van der Waals surface area (Å²) in [5.74, 6) is 2.82. The second kappa shape index (κ2) is 2.62. The van der Waals surface area contributed by atoms with E-state index in [-0.39, 0.29) is 12.0 Å². The van der Waals surface area contributed by atoms with Crippen LogP contribution in [0.4, 0.5) is 0 Å². The first kappa shape index (κ1) is 9.36. The third-order valence-corrected chi connectivity index (χ3v) is 4.66. The minimum atomic E-state index is -3.01. The molecule has 0 aliphatic heterocycles. The van der Waals surface area contributed by atoms with Crippen molar-refractivity contribution in [3.63, 3.8) is 0 Å². The van der Waals surface area contributed by atoms with E-state index in [2.05, 4.69) is 22.0 Å². The number of halogens is 1. The van der Waals surface area contributed by atoms with Crippen LogP contribution in [0.3, 0.4) is 0 Å². The number of hydrogen-bond donors (Lipinski definition) is 0. The van der Waals surface area contributed by atoms with Crippen molar-refractivity contribution < 1.29 is 13.2 Å². The summed E-state index contributed by atoms with van der Waals surface area (Å²) in [6, 6.07) is 0. The molecule has 0 heterocycles. The molecular formula is C9H11BrO3S. The van der Waals surface area contributed by atoms with Crippen LogP contribution in [0.2, 0.25) is 0 Å². The number of fused-ring (bicyclic) bond motifs is 1. The number of sulfone groups is 1. The van der Waals surface area contributed by atoms with Crippen LogP contribution < -0.4 is 0 Å². The van der Waals surface area contributed by atoms with Crippen LogP contribution in [0, 0.1) is 23.7 Å². The quantitative estimate of drug-likeness (QED) is 0.778. The molecule has 5 heteroatoms. The molecule has 0 spiro atoms. The Morgan fingerprint density at radius 3 is 2.64 bits per heavy atom. The Morgan fingerprint density at radius 1 is 1.43 bits per heavy atom. The molecule has 3 nitrogen and oxygen atoms in total. The molecule has 78 valence electrons. The summed E-state index contributed by atoms with van der Waals surface area (Å²) in [7, 11) is -3.01. The summed E-state index contributed by atoms with van der Waals surface area (Å²) in [6.45, 7) is 0. The lowest BCUT2D eigenvalue weighted by Crippen LogP contribution is -2.28. The fourth-order valence-electron chi connectivity index (χ4n) is 2.61. The predicted octanol–water partition coefficient (Wildman–Crippen LogP) is 1.16. The standard InChI is InChI=1S/C9H11BrO3S/c1-14(11,12)3-13-9-5(10)2-4-6-7(4)8(6)9/h2,4,6-9H,3H2,1H3/t4?,6-,7?,8?,9+/m1/s1. The third-order valence-electron chi connectivity index (χ3n) is 3.38. The Kier molecular flexibility index (Phi) is 1.76. The molecule has 4 aliphatic rings. The molecule has 4 rings (SSSR count). The zero-order chi connectivity index (χ0) is 10.1. The van der Waals surface area contributed by atoms with Gasteiger partial charge in [0.05, 0.1) is 6.10 Å². The average molecular weight is 279 g/mol. The Hall–Kier alpha value is 0.130. The first-order valence-electron chi connectivity index (χ1n) is 4.65. The first-order chi connectivity index (χ1) is 6.49. The normalized spacial score (nSPS) is 48.1. The molecule has 3 unspecified atom stereocenters. The molecule has 0 saturated heterocycles. The summed E-state index contributed by atoms with van der Waals surface area (Å²) < 4.78 is 28.4. The molecule has 5 atom stereocenters. The molecule has 0 aromatic heterocycles. The molecule has 0 amide bonds. The van der Waals surface area contributed by atoms with Crippen molar-refractivity contribution in [3.05, 3.63) is 10.6 Å². The number of allylic oxidation sites excluding steroid dienone is 1. The molecular weight excluding hydrogens is 268 g/mol. The maximum Gasteiger partial charge on any atom is 0.171 e. The van der Waals surface area contributed by atoms with Gasteiger partial charge in [-0.15, -0.1) is 0 Å². The monoisotopic (exact) mass is 278 g/mol. The molecule has 14 heavy (non-hydrogen) atoms. The van der Waals surface area contributed by atoms with Crippen LogP contribution in [-0.4, -0.2) is 26.7 Å². The number of rotatable bonds is 3. The summed E-state index contributed by atoms with van der Waals surface area (Å²) in [6.07, 6.45) is 3.39. The van der Waals surface area contributed by atoms with Crippen molar-refractivity contribution in [2.24, 2.45) is 23.7 Å². The van der Waals surface area contributed by atoms with Crippen molar-refractivity contribution in [1.82, 2.24) is 0 Å². The van der Waals surface area contributed by atoms with Gasteiger partial charge in [-0.3, -0.25) is 0 Å².